The zero-order valence-electron chi connectivity index (χ0n) is 16.2. The van der Waals surface area contributed by atoms with Gasteiger partial charge in [-0.2, -0.15) is 0 Å². The smallest absolute Gasteiger partial charge is 0.326 e. The molecule has 0 aliphatic rings. The van der Waals surface area contributed by atoms with E-state index in [4.69, 9.17) is 0 Å². The SMILES string of the molecule is Cc1nc(Cc2cccc3ccccc23)sc1CC(=O)NC(C(=O)O)C(C)C. The third-order valence-corrected chi connectivity index (χ3v) is 5.89. The fourth-order valence-electron chi connectivity index (χ4n) is 3.22. The molecule has 1 aromatic heterocycles. The van der Waals surface area contributed by atoms with Crippen molar-refractivity contribution < 1.29 is 14.7 Å². The van der Waals surface area contributed by atoms with Crippen molar-refractivity contribution in [3.05, 3.63) is 63.6 Å². The van der Waals surface area contributed by atoms with Crippen LogP contribution in [0.3, 0.4) is 0 Å². The first-order chi connectivity index (χ1) is 13.3. The van der Waals surface area contributed by atoms with Crippen molar-refractivity contribution in [1.29, 1.82) is 0 Å². The molecule has 0 spiro atoms. The van der Waals surface area contributed by atoms with Gasteiger partial charge in [-0.05, 0) is 29.2 Å². The standard InChI is InChI=1S/C22H24N2O3S/c1-13(2)21(22(26)27)24-19(25)12-18-14(3)23-20(28-18)11-16-9-6-8-15-7-4-5-10-17(15)16/h4-10,13,21H,11-12H2,1-3H3,(H,24,25)(H,26,27). The molecule has 28 heavy (non-hydrogen) atoms. The van der Waals surface area contributed by atoms with Gasteiger partial charge >= 0.3 is 5.97 Å². The summed E-state index contributed by atoms with van der Waals surface area (Å²) in [5.74, 6) is -1.48. The van der Waals surface area contributed by atoms with Crippen LogP contribution in [0.5, 0.6) is 0 Å². The van der Waals surface area contributed by atoms with E-state index in [-0.39, 0.29) is 18.2 Å². The number of rotatable bonds is 7. The molecule has 1 amide bonds. The maximum atomic E-state index is 12.3. The Morgan fingerprint density at radius 1 is 1.14 bits per heavy atom. The molecule has 6 heteroatoms. The molecule has 0 fully saturated rings. The quantitative estimate of drug-likeness (QED) is 0.633. The van der Waals surface area contributed by atoms with Crippen LogP contribution in [0.25, 0.3) is 10.8 Å². The second-order valence-corrected chi connectivity index (χ2v) is 8.40. The van der Waals surface area contributed by atoms with Gasteiger partial charge < -0.3 is 10.4 Å². The summed E-state index contributed by atoms with van der Waals surface area (Å²) in [6.07, 6.45) is 0.855. The van der Waals surface area contributed by atoms with Gasteiger partial charge in [0.1, 0.15) is 6.04 Å². The Balaban J connectivity index is 1.74. The van der Waals surface area contributed by atoms with Gasteiger partial charge in [0, 0.05) is 11.3 Å². The molecule has 1 atom stereocenters. The number of carboxylic acids is 1. The number of carbonyl (C=O) groups excluding carboxylic acids is 1. The Kier molecular flexibility index (Phi) is 6.09. The van der Waals surface area contributed by atoms with Crippen LogP contribution in [0.1, 0.15) is 35.0 Å². The fraction of sp³-hybridized carbons (Fsp3) is 0.318. The summed E-state index contributed by atoms with van der Waals surface area (Å²) >= 11 is 1.52. The highest BCUT2D eigenvalue weighted by Crippen LogP contribution is 2.25. The Hall–Kier alpha value is -2.73. The van der Waals surface area contributed by atoms with Gasteiger partial charge in [0.25, 0.3) is 0 Å². The largest absolute Gasteiger partial charge is 0.480 e. The summed E-state index contributed by atoms with van der Waals surface area (Å²) in [7, 11) is 0. The van der Waals surface area contributed by atoms with E-state index in [1.807, 2.05) is 25.1 Å². The molecule has 5 nitrogen and oxygen atoms in total. The summed E-state index contributed by atoms with van der Waals surface area (Å²) in [5.41, 5.74) is 2.03. The third-order valence-electron chi connectivity index (χ3n) is 4.73. The minimum atomic E-state index is -1.01. The summed E-state index contributed by atoms with van der Waals surface area (Å²) in [6, 6.07) is 13.6. The number of aromatic nitrogens is 1. The molecule has 2 N–H and O–H groups in total. The first kappa shape index (κ1) is 20.0. The number of carbonyl (C=O) groups is 2. The molecule has 0 aliphatic carbocycles. The van der Waals surface area contributed by atoms with Crippen molar-refractivity contribution in [2.45, 2.75) is 39.7 Å². The second kappa shape index (κ2) is 8.52. The lowest BCUT2D eigenvalue weighted by Gasteiger charge is -2.17. The number of carboxylic acid groups (broad SMARTS) is 1. The number of amides is 1. The van der Waals surface area contributed by atoms with Crippen LogP contribution in [0.4, 0.5) is 0 Å². The summed E-state index contributed by atoms with van der Waals surface area (Å²) in [4.78, 5) is 29.1. The van der Waals surface area contributed by atoms with Crippen LogP contribution in [0, 0.1) is 12.8 Å². The maximum Gasteiger partial charge on any atom is 0.326 e. The molecule has 0 bridgehead atoms. The van der Waals surface area contributed by atoms with Crippen molar-refractivity contribution in [2.75, 3.05) is 0 Å². The zero-order chi connectivity index (χ0) is 20.3. The monoisotopic (exact) mass is 396 g/mol. The number of nitrogens with zero attached hydrogens (tertiary/aromatic N) is 1. The number of thiazole rings is 1. The maximum absolute atomic E-state index is 12.3. The zero-order valence-corrected chi connectivity index (χ0v) is 17.0. The second-order valence-electron chi connectivity index (χ2n) is 7.24. The minimum Gasteiger partial charge on any atom is -0.480 e. The summed E-state index contributed by atoms with van der Waals surface area (Å²) in [6.45, 7) is 5.45. The molecular weight excluding hydrogens is 372 g/mol. The number of nitrogens with one attached hydrogen (secondary N) is 1. The normalized spacial score (nSPS) is 12.3. The predicted octanol–water partition coefficient (Wildman–Crippen LogP) is 3.96. The van der Waals surface area contributed by atoms with Crippen molar-refractivity contribution in [2.24, 2.45) is 5.92 Å². The third kappa shape index (κ3) is 4.57. The Labute approximate surface area is 168 Å². The van der Waals surface area contributed by atoms with E-state index in [1.54, 1.807) is 13.8 Å². The topological polar surface area (TPSA) is 79.3 Å². The number of hydrogen-bond donors (Lipinski definition) is 2. The van der Waals surface area contributed by atoms with Crippen LogP contribution in [-0.4, -0.2) is 28.0 Å². The van der Waals surface area contributed by atoms with Crippen LogP contribution in [0.2, 0.25) is 0 Å². The molecule has 3 aromatic rings. The molecule has 3 rings (SSSR count). The van der Waals surface area contributed by atoms with Crippen molar-refractivity contribution in [1.82, 2.24) is 10.3 Å². The number of fused-ring (bicyclic) bond motifs is 1. The van der Waals surface area contributed by atoms with Crippen LogP contribution >= 0.6 is 11.3 Å². The highest BCUT2D eigenvalue weighted by Gasteiger charge is 2.24. The number of aryl methyl sites for hydroxylation is 1. The van der Waals surface area contributed by atoms with E-state index in [9.17, 15) is 14.7 Å². The van der Waals surface area contributed by atoms with Gasteiger partial charge in [-0.15, -0.1) is 11.3 Å². The Morgan fingerprint density at radius 3 is 2.57 bits per heavy atom. The summed E-state index contributed by atoms with van der Waals surface area (Å²) < 4.78 is 0. The highest BCUT2D eigenvalue weighted by molar-refractivity contribution is 7.11. The predicted molar refractivity (Wildman–Crippen MR) is 112 cm³/mol. The molecule has 0 saturated carbocycles. The van der Waals surface area contributed by atoms with Crippen LogP contribution in [0.15, 0.2) is 42.5 Å². The van der Waals surface area contributed by atoms with Gasteiger partial charge in [-0.3, -0.25) is 4.79 Å². The molecule has 0 radical (unpaired) electrons. The molecule has 0 aliphatic heterocycles. The lowest BCUT2D eigenvalue weighted by Crippen LogP contribution is -2.44. The first-order valence-electron chi connectivity index (χ1n) is 9.29. The van der Waals surface area contributed by atoms with Crippen LogP contribution in [-0.2, 0) is 22.4 Å². The highest BCUT2D eigenvalue weighted by atomic mass is 32.1. The van der Waals surface area contributed by atoms with Gasteiger partial charge in [0.15, 0.2) is 0 Å². The van der Waals surface area contributed by atoms with Crippen LogP contribution < -0.4 is 5.32 Å². The Morgan fingerprint density at radius 2 is 1.86 bits per heavy atom. The van der Waals surface area contributed by atoms with Gasteiger partial charge in [0.05, 0.1) is 17.1 Å². The van der Waals surface area contributed by atoms with E-state index in [2.05, 4.69) is 34.6 Å². The fourth-order valence-corrected chi connectivity index (χ4v) is 4.31. The molecule has 146 valence electrons. The molecule has 2 aromatic carbocycles. The number of benzene rings is 2. The van der Waals surface area contributed by atoms with E-state index in [1.165, 1.54) is 27.7 Å². The van der Waals surface area contributed by atoms with Gasteiger partial charge in [-0.25, -0.2) is 9.78 Å². The average molecular weight is 397 g/mol. The minimum absolute atomic E-state index is 0.148. The van der Waals surface area contributed by atoms with E-state index >= 15 is 0 Å². The van der Waals surface area contributed by atoms with Crippen molar-refractivity contribution in [3.8, 4) is 0 Å². The van der Waals surface area contributed by atoms with E-state index in [0.29, 0.717) is 6.42 Å². The van der Waals surface area contributed by atoms with E-state index < -0.39 is 12.0 Å². The first-order valence-corrected chi connectivity index (χ1v) is 10.1. The summed E-state index contributed by atoms with van der Waals surface area (Å²) in [5, 5.41) is 15.2. The van der Waals surface area contributed by atoms with Gasteiger partial charge in [-0.1, -0.05) is 56.3 Å². The molecule has 0 saturated heterocycles. The lowest BCUT2D eigenvalue weighted by atomic mass is 10.0. The van der Waals surface area contributed by atoms with E-state index in [0.717, 1.165) is 15.6 Å². The number of aliphatic carboxylic acids is 1. The molecular formula is C22H24N2O3S. The average Bonchev–Trinajstić information content (AvgIpc) is 2.98. The molecule has 1 heterocycles. The van der Waals surface area contributed by atoms with Gasteiger partial charge in [0.2, 0.25) is 5.91 Å². The molecule has 1 unspecified atom stereocenters. The number of hydrogen-bond acceptors (Lipinski definition) is 4. The lowest BCUT2D eigenvalue weighted by molar-refractivity contribution is -0.143. The van der Waals surface area contributed by atoms with Crippen molar-refractivity contribution >= 4 is 34.0 Å². The Bertz CT molecular complexity index is 1000. The van der Waals surface area contributed by atoms with Crippen molar-refractivity contribution in [3.63, 3.8) is 0 Å².